The zero-order chi connectivity index (χ0) is 34.9. The van der Waals surface area contributed by atoms with Gasteiger partial charge in [0, 0.05) is 56.0 Å². The van der Waals surface area contributed by atoms with E-state index in [1.54, 1.807) is 0 Å². The van der Waals surface area contributed by atoms with E-state index in [4.69, 9.17) is 11.2 Å². The summed E-state index contributed by atoms with van der Waals surface area (Å²) in [4.78, 5) is 12.9. The number of nitrogens with one attached hydrogen (secondary N) is 1. The zero-order valence-electron chi connectivity index (χ0n) is 27.7. The van der Waals surface area contributed by atoms with Crippen LogP contribution >= 0.6 is 0 Å². The molecule has 3 fully saturated rings. The van der Waals surface area contributed by atoms with Crippen LogP contribution in [0.1, 0.15) is 49.4 Å². The third-order valence-corrected chi connectivity index (χ3v) is 11.9. The van der Waals surface area contributed by atoms with Gasteiger partial charge in [0.05, 0.1) is 30.1 Å². The maximum Gasteiger partial charge on any atom is 0.319 e. The number of benzene rings is 2. The van der Waals surface area contributed by atoms with E-state index in [1.165, 1.54) is 24.3 Å². The first-order valence-electron chi connectivity index (χ1n) is 16.3. The van der Waals surface area contributed by atoms with E-state index in [-0.39, 0.29) is 61.2 Å². The smallest absolute Gasteiger partial charge is 0.319 e. The summed E-state index contributed by atoms with van der Waals surface area (Å²) < 4.78 is 81.2. The van der Waals surface area contributed by atoms with Crippen LogP contribution in [0, 0.1) is 29.0 Å². The predicted molar refractivity (Wildman–Crippen MR) is 180 cm³/mol. The fourth-order valence-electron chi connectivity index (χ4n) is 7.34. The first-order chi connectivity index (χ1) is 23.1. The maximum absolute atomic E-state index is 15.1. The van der Waals surface area contributed by atoms with Gasteiger partial charge in [0.25, 0.3) is 15.9 Å². The van der Waals surface area contributed by atoms with Crippen LogP contribution in [-0.2, 0) is 10.0 Å². The molecule has 2 N–H and O–H groups in total. The van der Waals surface area contributed by atoms with Crippen LogP contribution in [-0.4, -0.2) is 98.6 Å². The van der Waals surface area contributed by atoms with Crippen molar-refractivity contribution < 1.29 is 31.4 Å². The molecule has 1 spiro atoms. The molecular weight excluding hydrogens is 657 g/mol. The Kier molecular flexibility index (Phi) is 8.04. The Morgan fingerprint density at radius 3 is 2.45 bits per heavy atom. The van der Waals surface area contributed by atoms with Crippen molar-refractivity contribution in [2.75, 3.05) is 64.9 Å². The summed E-state index contributed by atoms with van der Waals surface area (Å²) in [5.74, 6) is -2.14. The van der Waals surface area contributed by atoms with Gasteiger partial charge in [-0.25, -0.2) is 21.6 Å². The van der Waals surface area contributed by atoms with Crippen molar-refractivity contribution in [1.82, 2.24) is 24.5 Å². The second-order valence-electron chi connectivity index (χ2n) is 14.4. The summed E-state index contributed by atoms with van der Waals surface area (Å²) in [5, 5.41) is 14.4. The average Bonchev–Trinajstić information content (AvgIpc) is 3.78. The standard InChI is InChI=1S/C35H39F3N6O4S/c1-5-24-26(36)7-6-22-14-23(45)15-25(29(22)24)28-16-27-30(49(46,47)44(28)19-33(2,37)38)31(43-12-10-34(11-13-43)17-39-18-34)41-32(40-27)48-21-35(8-9-35)20-42(3)4/h1,6-7,14-16,39,45H,8-13,17-21H2,2-4H3. The number of fused-ring (bicyclic) bond motifs is 2. The maximum atomic E-state index is 15.1. The summed E-state index contributed by atoms with van der Waals surface area (Å²) >= 11 is 0. The van der Waals surface area contributed by atoms with Gasteiger partial charge in [-0.05, 0) is 74.9 Å². The van der Waals surface area contributed by atoms with Crippen molar-refractivity contribution in [2.24, 2.45) is 10.8 Å². The average molecular weight is 697 g/mol. The highest BCUT2D eigenvalue weighted by molar-refractivity contribution is 7.89. The van der Waals surface area contributed by atoms with Crippen molar-refractivity contribution in [2.45, 2.75) is 43.4 Å². The van der Waals surface area contributed by atoms with Crippen LogP contribution in [0.15, 0.2) is 29.2 Å². The summed E-state index contributed by atoms with van der Waals surface area (Å²) in [7, 11) is -0.800. The summed E-state index contributed by atoms with van der Waals surface area (Å²) in [6.45, 7) is 3.27. The molecule has 2 aromatic carbocycles. The zero-order valence-corrected chi connectivity index (χ0v) is 28.5. The Morgan fingerprint density at radius 2 is 1.86 bits per heavy atom. The minimum absolute atomic E-state index is 0.0272. The molecule has 7 rings (SSSR count). The molecule has 2 saturated heterocycles. The van der Waals surface area contributed by atoms with E-state index in [1.807, 2.05) is 19.0 Å². The molecule has 4 heterocycles. The number of nitrogens with zero attached hydrogens (tertiary/aromatic N) is 5. The number of terminal acetylenes is 1. The van der Waals surface area contributed by atoms with Crippen molar-refractivity contribution in [3.8, 4) is 24.1 Å². The molecule has 0 radical (unpaired) electrons. The number of alkyl halides is 2. The van der Waals surface area contributed by atoms with Crippen LogP contribution in [0.5, 0.6) is 11.8 Å². The van der Waals surface area contributed by atoms with Crippen LogP contribution in [0.2, 0.25) is 0 Å². The van der Waals surface area contributed by atoms with Crippen molar-refractivity contribution in [1.29, 1.82) is 0 Å². The molecule has 14 heteroatoms. The minimum Gasteiger partial charge on any atom is -0.508 e. The van der Waals surface area contributed by atoms with Crippen LogP contribution in [0.25, 0.3) is 22.5 Å². The van der Waals surface area contributed by atoms with Gasteiger partial charge in [0.2, 0.25) is 0 Å². The highest BCUT2D eigenvalue weighted by atomic mass is 32.2. The SMILES string of the molecule is C#Cc1c(F)ccc2cc(O)cc(C3=Cc4nc(OCC5(CN(C)C)CC5)nc(N5CCC6(CC5)CNC6)c4S(=O)(=O)N3CC(C)(F)F)c12. The molecule has 3 aliphatic heterocycles. The van der Waals surface area contributed by atoms with E-state index in [0.717, 1.165) is 51.4 Å². The number of anilines is 1. The number of hydrogen-bond donors (Lipinski definition) is 2. The third-order valence-electron chi connectivity index (χ3n) is 10.1. The molecule has 0 amide bonds. The first-order valence-corrected chi connectivity index (χ1v) is 17.8. The highest BCUT2D eigenvalue weighted by Gasteiger charge is 2.47. The molecule has 1 saturated carbocycles. The Balaban J connectivity index is 1.43. The third kappa shape index (κ3) is 6.17. The number of aromatic hydroxyl groups is 1. The lowest BCUT2D eigenvalue weighted by Gasteiger charge is -2.49. The molecular formula is C35H39F3N6O4S. The minimum atomic E-state index is -4.77. The predicted octanol–water partition coefficient (Wildman–Crippen LogP) is 4.52. The molecule has 10 nitrogen and oxygen atoms in total. The number of hydrogen-bond acceptors (Lipinski definition) is 9. The van der Waals surface area contributed by atoms with Gasteiger partial charge in [-0.15, -0.1) is 6.42 Å². The molecule has 0 unspecified atom stereocenters. The van der Waals surface area contributed by atoms with Crippen LogP contribution in [0.3, 0.4) is 0 Å². The number of phenolic OH excluding ortho intramolecular Hbond substituents is 1. The quantitative estimate of drug-likeness (QED) is 0.312. The summed E-state index contributed by atoms with van der Waals surface area (Å²) in [6.07, 6.45) is 10.6. The van der Waals surface area contributed by atoms with E-state index < -0.39 is 28.3 Å². The fourth-order valence-corrected chi connectivity index (χ4v) is 9.14. The van der Waals surface area contributed by atoms with Gasteiger partial charge < -0.3 is 25.0 Å². The Morgan fingerprint density at radius 1 is 1.14 bits per heavy atom. The number of halogens is 3. The topological polar surface area (TPSA) is 111 Å². The normalized spacial score (nSPS) is 20.5. The van der Waals surface area contributed by atoms with E-state index in [2.05, 4.69) is 26.1 Å². The molecule has 4 aliphatic rings. The lowest BCUT2D eigenvalue weighted by atomic mass is 9.73. The molecule has 0 bridgehead atoms. The largest absolute Gasteiger partial charge is 0.508 e. The monoisotopic (exact) mass is 696 g/mol. The van der Waals surface area contributed by atoms with Gasteiger partial charge in [-0.1, -0.05) is 12.0 Å². The number of ether oxygens (including phenoxy) is 1. The first kappa shape index (κ1) is 33.4. The number of sulfonamides is 1. The molecule has 260 valence electrons. The highest BCUT2D eigenvalue weighted by Crippen LogP contribution is 2.48. The van der Waals surface area contributed by atoms with Gasteiger partial charge in [0.1, 0.15) is 11.6 Å². The second kappa shape index (κ2) is 11.8. The number of rotatable bonds is 9. The van der Waals surface area contributed by atoms with E-state index >= 15 is 4.39 Å². The fraction of sp³-hybridized carbons (Fsp3) is 0.486. The van der Waals surface area contributed by atoms with Gasteiger partial charge in [-0.2, -0.15) is 9.97 Å². The lowest BCUT2D eigenvalue weighted by Crippen LogP contribution is -2.58. The number of phenols is 1. The molecule has 49 heavy (non-hydrogen) atoms. The van der Waals surface area contributed by atoms with Gasteiger partial charge >= 0.3 is 6.01 Å². The second-order valence-corrected chi connectivity index (χ2v) is 16.2. The molecule has 0 atom stereocenters. The lowest BCUT2D eigenvalue weighted by molar-refractivity contribution is 0.0126. The molecule has 3 aromatic rings. The van der Waals surface area contributed by atoms with Gasteiger partial charge in [-0.3, -0.25) is 4.31 Å². The molecule has 1 aromatic heterocycles. The van der Waals surface area contributed by atoms with Crippen molar-refractivity contribution >= 4 is 38.4 Å². The van der Waals surface area contributed by atoms with Crippen LogP contribution in [0.4, 0.5) is 19.0 Å². The summed E-state index contributed by atoms with van der Waals surface area (Å²) in [6, 6.07) is 5.03. The number of piperidine rings is 1. The van der Waals surface area contributed by atoms with Crippen LogP contribution < -0.4 is 15.0 Å². The van der Waals surface area contributed by atoms with Crippen molar-refractivity contribution in [3.63, 3.8) is 0 Å². The van der Waals surface area contributed by atoms with E-state index in [9.17, 15) is 22.3 Å². The Bertz CT molecular complexity index is 2010. The van der Waals surface area contributed by atoms with E-state index in [0.29, 0.717) is 36.3 Å². The Hall–Kier alpha value is -4.06. The summed E-state index contributed by atoms with van der Waals surface area (Å²) in [5.41, 5.74) is -0.471. The van der Waals surface area contributed by atoms with Crippen molar-refractivity contribution in [3.05, 3.63) is 46.9 Å². The number of aromatic nitrogens is 2. The molecule has 1 aliphatic carbocycles. The Labute approximate surface area is 284 Å². The van der Waals surface area contributed by atoms with Gasteiger partial charge in [0.15, 0.2) is 10.7 Å².